The van der Waals surface area contributed by atoms with Gasteiger partial charge in [0, 0.05) is 37.5 Å². The lowest BCUT2D eigenvalue weighted by molar-refractivity contribution is 0.122. The summed E-state index contributed by atoms with van der Waals surface area (Å²) in [6, 6.07) is 13.6. The Hall–Kier alpha value is -3.45. The van der Waals surface area contributed by atoms with E-state index >= 15 is 0 Å². The van der Waals surface area contributed by atoms with Gasteiger partial charge in [0.1, 0.15) is 11.6 Å². The van der Waals surface area contributed by atoms with Gasteiger partial charge in [0.2, 0.25) is 0 Å². The van der Waals surface area contributed by atoms with Crippen molar-refractivity contribution in [2.75, 3.05) is 31.2 Å². The number of hydrogen-bond donors (Lipinski definition) is 1. The SMILES string of the molecule is Oc1ccc(-c2c(Cc3cccc(F)c3)nc3c(N4CCOCC4)nccn23)cc1. The molecule has 0 spiro atoms. The molecule has 0 saturated carbocycles. The van der Waals surface area contributed by atoms with Gasteiger partial charge in [-0.1, -0.05) is 12.1 Å². The second-order valence-electron chi connectivity index (χ2n) is 7.30. The summed E-state index contributed by atoms with van der Waals surface area (Å²) >= 11 is 0. The van der Waals surface area contributed by atoms with Crippen LogP contribution in [-0.4, -0.2) is 45.8 Å². The molecule has 0 atom stereocenters. The molecular weight excluding hydrogens is 383 g/mol. The molecule has 6 nitrogen and oxygen atoms in total. The molecule has 30 heavy (non-hydrogen) atoms. The van der Waals surface area contributed by atoms with E-state index in [4.69, 9.17) is 9.72 Å². The monoisotopic (exact) mass is 404 g/mol. The molecular formula is C23H21FN4O2. The second kappa shape index (κ2) is 7.76. The first-order valence-electron chi connectivity index (χ1n) is 9.91. The first-order valence-corrected chi connectivity index (χ1v) is 9.91. The van der Waals surface area contributed by atoms with Gasteiger partial charge in [-0.3, -0.25) is 4.40 Å². The summed E-state index contributed by atoms with van der Waals surface area (Å²) in [6.07, 6.45) is 4.15. The van der Waals surface area contributed by atoms with E-state index in [9.17, 15) is 9.50 Å². The molecule has 1 aliphatic heterocycles. The molecule has 1 aliphatic rings. The van der Waals surface area contributed by atoms with Crippen molar-refractivity contribution in [2.45, 2.75) is 6.42 Å². The highest BCUT2D eigenvalue weighted by atomic mass is 19.1. The Bertz CT molecular complexity index is 1180. The van der Waals surface area contributed by atoms with Crippen LogP contribution in [0.1, 0.15) is 11.3 Å². The van der Waals surface area contributed by atoms with Gasteiger partial charge in [0.05, 0.1) is 24.6 Å². The number of halogens is 1. The maximum absolute atomic E-state index is 13.8. The van der Waals surface area contributed by atoms with Gasteiger partial charge in [0.25, 0.3) is 0 Å². The number of fused-ring (bicyclic) bond motifs is 1. The third-order valence-corrected chi connectivity index (χ3v) is 5.31. The van der Waals surface area contributed by atoms with E-state index in [1.807, 2.05) is 28.8 Å². The van der Waals surface area contributed by atoms with Crippen LogP contribution in [0.25, 0.3) is 16.9 Å². The Kier molecular flexibility index (Phi) is 4.80. The summed E-state index contributed by atoms with van der Waals surface area (Å²) in [6.45, 7) is 2.83. The normalized spacial score (nSPS) is 14.4. The number of aromatic nitrogens is 3. The molecule has 0 aliphatic carbocycles. The second-order valence-corrected chi connectivity index (χ2v) is 7.30. The van der Waals surface area contributed by atoms with Gasteiger partial charge >= 0.3 is 0 Å². The molecule has 1 saturated heterocycles. The molecule has 0 bridgehead atoms. The van der Waals surface area contributed by atoms with Crippen molar-refractivity contribution in [3.63, 3.8) is 0 Å². The van der Waals surface area contributed by atoms with Gasteiger partial charge in [-0.2, -0.15) is 0 Å². The zero-order valence-corrected chi connectivity index (χ0v) is 16.3. The number of hydrogen-bond acceptors (Lipinski definition) is 5. The standard InChI is InChI=1S/C23H21FN4O2/c24-18-3-1-2-16(14-18)15-20-21(17-4-6-19(29)7-5-17)28-9-8-25-22(23(28)26-20)27-10-12-30-13-11-27/h1-9,14,29H,10-13,15H2. The van der Waals surface area contributed by atoms with Crippen LogP contribution in [0.15, 0.2) is 60.9 Å². The van der Waals surface area contributed by atoms with E-state index in [1.165, 1.54) is 12.1 Å². The van der Waals surface area contributed by atoms with Gasteiger partial charge in [-0.15, -0.1) is 0 Å². The number of rotatable bonds is 4. The highest BCUT2D eigenvalue weighted by molar-refractivity contribution is 5.74. The molecule has 7 heteroatoms. The van der Waals surface area contributed by atoms with Gasteiger partial charge in [-0.25, -0.2) is 14.4 Å². The predicted octanol–water partition coefficient (Wildman–Crippen LogP) is 3.67. The highest BCUT2D eigenvalue weighted by Crippen LogP contribution is 2.31. The number of anilines is 1. The van der Waals surface area contributed by atoms with E-state index in [2.05, 4.69) is 9.88 Å². The Balaban J connectivity index is 1.68. The van der Waals surface area contributed by atoms with Gasteiger partial charge in [-0.05, 0) is 42.0 Å². The van der Waals surface area contributed by atoms with E-state index in [0.29, 0.717) is 19.6 Å². The van der Waals surface area contributed by atoms with Crippen LogP contribution in [0.2, 0.25) is 0 Å². The smallest absolute Gasteiger partial charge is 0.181 e. The van der Waals surface area contributed by atoms with Crippen LogP contribution < -0.4 is 4.90 Å². The van der Waals surface area contributed by atoms with Crippen molar-refractivity contribution in [2.24, 2.45) is 0 Å². The number of benzene rings is 2. The third kappa shape index (κ3) is 3.48. The maximum atomic E-state index is 13.8. The molecule has 0 amide bonds. The van der Waals surface area contributed by atoms with E-state index < -0.39 is 0 Å². The fourth-order valence-electron chi connectivity index (χ4n) is 3.90. The minimum Gasteiger partial charge on any atom is -0.508 e. The number of nitrogens with zero attached hydrogens (tertiary/aromatic N) is 4. The maximum Gasteiger partial charge on any atom is 0.181 e. The first-order chi connectivity index (χ1) is 14.7. The Morgan fingerprint density at radius 2 is 1.87 bits per heavy atom. The minimum atomic E-state index is -0.266. The molecule has 0 radical (unpaired) electrons. The van der Waals surface area contributed by atoms with E-state index in [0.717, 1.165) is 47.1 Å². The summed E-state index contributed by atoms with van der Waals surface area (Å²) < 4.78 is 21.3. The number of imidazole rings is 1. The quantitative estimate of drug-likeness (QED) is 0.562. The molecule has 1 N–H and O–H groups in total. The number of phenolic OH excluding ortho intramolecular Hbond substituents is 1. The van der Waals surface area contributed by atoms with Crippen molar-refractivity contribution < 1.29 is 14.2 Å². The first kappa shape index (κ1) is 18.6. The summed E-state index contributed by atoms with van der Waals surface area (Å²) in [5.41, 5.74) is 4.26. The summed E-state index contributed by atoms with van der Waals surface area (Å²) in [4.78, 5) is 11.7. The minimum absolute atomic E-state index is 0.204. The molecule has 5 rings (SSSR count). The zero-order chi connectivity index (χ0) is 20.5. The van der Waals surface area contributed by atoms with Crippen LogP contribution in [0.4, 0.5) is 10.2 Å². The number of phenols is 1. The molecule has 3 heterocycles. The average Bonchev–Trinajstić information content (AvgIpc) is 3.13. The van der Waals surface area contributed by atoms with Crippen molar-refractivity contribution in [1.29, 1.82) is 0 Å². The van der Waals surface area contributed by atoms with Gasteiger partial charge in [0.15, 0.2) is 11.5 Å². The zero-order valence-electron chi connectivity index (χ0n) is 16.3. The summed E-state index contributed by atoms with van der Waals surface area (Å²) in [7, 11) is 0. The molecule has 2 aromatic heterocycles. The highest BCUT2D eigenvalue weighted by Gasteiger charge is 2.21. The Morgan fingerprint density at radius 3 is 2.63 bits per heavy atom. The lowest BCUT2D eigenvalue weighted by Crippen LogP contribution is -2.37. The van der Waals surface area contributed by atoms with Crippen LogP contribution >= 0.6 is 0 Å². The predicted molar refractivity (Wildman–Crippen MR) is 112 cm³/mol. The molecule has 1 fully saturated rings. The molecule has 152 valence electrons. The van der Waals surface area contributed by atoms with Crippen LogP contribution in [-0.2, 0) is 11.2 Å². The third-order valence-electron chi connectivity index (χ3n) is 5.31. The largest absolute Gasteiger partial charge is 0.508 e. The lowest BCUT2D eigenvalue weighted by atomic mass is 10.0. The Labute approximate surface area is 173 Å². The molecule has 2 aromatic carbocycles. The van der Waals surface area contributed by atoms with Gasteiger partial charge < -0.3 is 14.7 Å². The number of ether oxygens (including phenoxy) is 1. The van der Waals surface area contributed by atoms with Crippen molar-refractivity contribution in [1.82, 2.24) is 14.4 Å². The van der Waals surface area contributed by atoms with Crippen molar-refractivity contribution >= 4 is 11.5 Å². The summed E-state index contributed by atoms with van der Waals surface area (Å²) in [5.74, 6) is 0.749. The fraction of sp³-hybridized carbons (Fsp3) is 0.217. The Morgan fingerprint density at radius 1 is 1.07 bits per heavy atom. The molecule has 0 unspecified atom stereocenters. The fourth-order valence-corrected chi connectivity index (χ4v) is 3.90. The number of morpholine rings is 1. The molecule has 4 aromatic rings. The summed E-state index contributed by atoms with van der Waals surface area (Å²) in [5, 5.41) is 9.72. The van der Waals surface area contributed by atoms with Crippen molar-refractivity contribution in [3.8, 4) is 17.0 Å². The van der Waals surface area contributed by atoms with Crippen LogP contribution in [0.5, 0.6) is 5.75 Å². The van der Waals surface area contributed by atoms with Crippen LogP contribution in [0, 0.1) is 5.82 Å². The topological polar surface area (TPSA) is 62.9 Å². The lowest BCUT2D eigenvalue weighted by Gasteiger charge is -2.27. The van der Waals surface area contributed by atoms with Crippen LogP contribution in [0.3, 0.4) is 0 Å². The number of aromatic hydroxyl groups is 1. The van der Waals surface area contributed by atoms with E-state index in [-0.39, 0.29) is 11.6 Å². The van der Waals surface area contributed by atoms with Crippen molar-refractivity contribution in [3.05, 3.63) is 78.0 Å². The average molecular weight is 404 g/mol. The van der Waals surface area contributed by atoms with E-state index in [1.54, 1.807) is 24.4 Å².